The Balaban J connectivity index is 2.29. The molecule has 0 fully saturated rings. The number of pyridine rings is 1. The van der Waals surface area contributed by atoms with Gasteiger partial charge in [0.1, 0.15) is 23.8 Å². The highest BCUT2D eigenvalue weighted by atomic mass is 16.4. The Labute approximate surface area is 102 Å². The summed E-state index contributed by atoms with van der Waals surface area (Å²) >= 11 is 0. The number of carbonyl (C=O) groups is 1. The van der Waals surface area contributed by atoms with Gasteiger partial charge in [-0.3, -0.25) is 4.57 Å². The van der Waals surface area contributed by atoms with E-state index < -0.39 is 5.97 Å². The molecule has 88 valence electrons. The highest BCUT2D eigenvalue weighted by Crippen LogP contribution is 2.09. The molecule has 6 heteroatoms. The van der Waals surface area contributed by atoms with Crippen LogP contribution in [0.25, 0.3) is 11.9 Å². The molecular formula is C12H8N4O2. The lowest BCUT2D eigenvalue weighted by molar-refractivity contribution is -0.132. The third-order valence-electron chi connectivity index (χ3n) is 2.20. The van der Waals surface area contributed by atoms with Gasteiger partial charge in [-0.25, -0.2) is 14.8 Å². The number of carboxylic acid groups (broad SMARTS) is 1. The van der Waals surface area contributed by atoms with E-state index in [9.17, 15) is 4.79 Å². The first-order valence-electron chi connectivity index (χ1n) is 5.00. The van der Waals surface area contributed by atoms with Crippen molar-refractivity contribution in [1.29, 1.82) is 5.26 Å². The average molecular weight is 240 g/mol. The Morgan fingerprint density at radius 3 is 2.83 bits per heavy atom. The number of aliphatic carboxylic acids is 1. The monoisotopic (exact) mass is 240 g/mol. The summed E-state index contributed by atoms with van der Waals surface area (Å²) < 4.78 is 1.72. The molecule has 0 aliphatic rings. The molecule has 6 nitrogen and oxygen atoms in total. The Bertz CT molecular complexity index is 621. The van der Waals surface area contributed by atoms with E-state index in [1.54, 1.807) is 41.5 Å². The second kappa shape index (κ2) is 4.93. The maximum atomic E-state index is 10.7. The first-order chi connectivity index (χ1) is 8.70. The number of rotatable bonds is 3. The molecule has 0 bridgehead atoms. The zero-order chi connectivity index (χ0) is 13.0. The third-order valence-corrected chi connectivity index (χ3v) is 2.20. The summed E-state index contributed by atoms with van der Waals surface area (Å²) in [6.45, 7) is 0. The number of nitriles is 1. The molecule has 2 aromatic rings. The maximum absolute atomic E-state index is 10.7. The molecular weight excluding hydrogens is 232 g/mol. The van der Waals surface area contributed by atoms with E-state index >= 15 is 0 Å². The third kappa shape index (κ3) is 2.41. The van der Waals surface area contributed by atoms with Crippen LogP contribution in [0.2, 0.25) is 0 Å². The van der Waals surface area contributed by atoms with Crippen molar-refractivity contribution in [3.05, 3.63) is 48.2 Å². The summed E-state index contributed by atoms with van der Waals surface area (Å²) in [6, 6.07) is 5.01. The van der Waals surface area contributed by atoms with Crippen LogP contribution in [0, 0.1) is 11.3 Å². The molecule has 0 aliphatic carbocycles. The molecule has 0 radical (unpaired) electrons. The Kier molecular flexibility index (Phi) is 3.16. The quantitative estimate of drug-likeness (QED) is 0.644. The normalized spacial score (nSPS) is 10.9. The number of imidazole rings is 1. The summed E-state index contributed by atoms with van der Waals surface area (Å²) in [5, 5.41) is 17.3. The predicted molar refractivity (Wildman–Crippen MR) is 62.6 cm³/mol. The molecule has 2 aromatic heterocycles. The first-order valence-corrected chi connectivity index (χ1v) is 5.00. The topological polar surface area (TPSA) is 91.8 Å². The van der Waals surface area contributed by atoms with Gasteiger partial charge in [-0.15, -0.1) is 0 Å². The van der Waals surface area contributed by atoms with Crippen LogP contribution in [0.3, 0.4) is 0 Å². The molecule has 18 heavy (non-hydrogen) atoms. The van der Waals surface area contributed by atoms with Gasteiger partial charge in [-0.05, 0) is 23.8 Å². The van der Waals surface area contributed by atoms with Crippen molar-refractivity contribution in [2.75, 3.05) is 0 Å². The molecule has 2 rings (SSSR count). The van der Waals surface area contributed by atoms with Gasteiger partial charge in [0.15, 0.2) is 0 Å². The summed E-state index contributed by atoms with van der Waals surface area (Å²) in [6.07, 6.45) is 7.75. The van der Waals surface area contributed by atoms with Gasteiger partial charge in [0.25, 0.3) is 0 Å². The molecule has 0 saturated heterocycles. The van der Waals surface area contributed by atoms with Crippen molar-refractivity contribution in [3.8, 4) is 11.9 Å². The largest absolute Gasteiger partial charge is 0.477 e. The van der Waals surface area contributed by atoms with Crippen LogP contribution in [0.15, 0.2) is 42.6 Å². The maximum Gasteiger partial charge on any atom is 0.346 e. The number of nitrogens with zero attached hydrogens (tertiary/aromatic N) is 4. The first kappa shape index (κ1) is 11.5. The van der Waals surface area contributed by atoms with E-state index in [2.05, 4.69) is 9.97 Å². The molecule has 0 aromatic carbocycles. The fourth-order valence-corrected chi connectivity index (χ4v) is 1.34. The fraction of sp³-hybridized carbons (Fsp3) is 0. The molecule has 0 spiro atoms. The number of carboxylic acids is 1. The van der Waals surface area contributed by atoms with Crippen molar-refractivity contribution in [1.82, 2.24) is 14.5 Å². The van der Waals surface area contributed by atoms with Crippen molar-refractivity contribution < 1.29 is 9.90 Å². The number of hydrogen-bond donors (Lipinski definition) is 1. The SMILES string of the molecule is N#C/C(=C\c1ccc(-n2ccnc2)nc1)C(=O)O. The summed E-state index contributed by atoms with van der Waals surface area (Å²) in [5.74, 6) is -0.588. The van der Waals surface area contributed by atoms with Crippen LogP contribution >= 0.6 is 0 Å². The van der Waals surface area contributed by atoms with Crippen molar-refractivity contribution >= 4 is 12.0 Å². The molecule has 0 unspecified atom stereocenters. The summed E-state index contributed by atoms with van der Waals surface area (Å²) in [4.78, 5) is 18.7. The van der Waals surface area contributed by atoms with Crippen molar-refractivity contribution in [2.45, 2.75) is 0 Å². The Morgan fingerprint density at radius 1 is 1.50 bits per heavy atom. The van der Waals surface area contributed by atoms with Crippen LogP contribution in [0.5, 0.6) is 0 Å². The molecule has 1 N–H and O–H groups in total. The van der Waals surface area contributed by atoms with Crippen molar-refractivity contribution in [2.24, 2.45) is 0 Å². The van der Waals surface area contributed by atoms with Gasteiger partial charge < -0.3 is 5.11 Å². The van der Waals surface area contributed by atoms with Crippen LogP contribution in [0.1, 0.15) is 5.56 Å². The minimum absolute atomic E-state index is 0.327. The van der Waals surface area contributed by atoms with Gasteiger partial charge in [-0.1, -0.05) is 0 Å². The van der Waals surface area contributed by atoms with Crippen LogP contribution in [-0.4, -0.2) is 25.6 Å². The lowest BCUT2D eigenvalue weighted by Gasteiger charge is -2.00. The van der Waals surface area contributed by atoms with Crippen LogP contribution in [0.4, 0.5) is 0 Å². The van der Waals surface area contributed by atoms with E-state index in [4.69, 9.17) is 10.4 Å². The molecule has 0 amide bonds. The minimum Gasteiger partial charge on any atom is -0.477 e. The van der Waals surface area contributed by atoms with Gasteiger partial charge in [0.2, 0.25) is 0 Å². The lowest BCUT2D eigenvalue weighted by atomic mass is 10.2. The van der Waals surface area contributed by atoms with Crippen molar-refractivity contribution in [3.63, 3.8) is 0 Å². The van der Waals surface area contributed by atoms with E-state index in [0.29, 0.717) is 11.4 Å². The smallest absolute Gasteiger partial charge is 0.346 e. The zero-order valence-electron chi connectivity index (χ0n) is 9.19. The molecule has 2 heterocycles. The fourth-order valence-electron chi connectivity index (χ4n) is 1.34. The summed E-state index contributed by atoms with van der Waals surface area (Å²) in [5.41, 5.74) is 0.227. The van der Waals surface area contributed by atoms with Gasteiger partial charge in [-0.2, -0.15) is 5.26 Å². The second-order valence-electron chi connectivity index (χ2n) is 3.39. The lowest BCUT2D eigenvalue weighted by Crippen LogP contribution is -1.98. The molecule has 0 saturated carbocycles. The van der Waals surface area contributed by atoms with E-state index in [0.717, 1.165) is 0 Å². The van der Waals surface area contributed by atoms with Gasteiger partial charge >= 0.3 is 5.97 Å². The Hall–Kier alpha value is -2.94. The van der Waals surface area contributed by atoms with Crippen LogP contribution in [-0.2, 0) is 4.79 Å². The van der Waals surface area contributed by atoms with Gasteiger partial charge in [0, 0.05) is 18.6 Å². The highest BCUT2D eigenvalue weighted by molar-refractivity contribution is 5.96. The van der Waals surface area contributed by atoms with E-state index in [1.165, 1.54) is 12.3 Å². The van der Waals surface area contributed by atoms with Gasteiger partial charge in [0.05, 0.1) is 0 Å². The van der Waals surface area contributed by atoms with E-state index in [1.807, 2.05) is 0 Å². The minimum atomic E-state index is -1.25. The predicted octanol–water partition coefficient (Wildman–Crippen LogP) is 1.26. The van der Waals surface area contributed by atoms with E-state index in [-0.39, 0.29) is 5.57 Å². The second-order valence-corrected chi connectivity index (χ2v) is 3.39. The van der Waals surface area contributed by atoms with Crippen LogP contribution < -0.4 is 0 Å². The molecule has 0 atom stereocenters. The Morgan fingerprint density at radius 2 is 2.33 bits per heavy atom. The average Bonchev–Trinajstić information content (AvgIpc) is 2.90. The molecule has 0 aliphatic heterocycles. The number of aromatic nitrogens is 3. The standard InChI is InChI=1S/C12H8N4O2/c13-6-10(12(17)18)5-9-1-2-11(15-7-9)16-4-3-14-8-16/h1-5,7-8H,(H,17,18)/b10-5+. The number of hydrogen-bond acceptors (Lipinski definition) is 4. The highest BCUT2D eigenvalue weighted by Gasteiger charge is 2.05. The zero-order valence-corrected chi connectivity index (χ0v) is 9.19. The summed E-state index contributed by atoms with van der Waals surface area (Å²) in [7, 11) is 0.